The van der Waals surface area contributed by atoms with E-state index in [-0.39, 0.29) is 12.1 Å². The molecule has 2 amide bonds. The maximum atomic E-state index is 12.2. The predicted molar refractivity (Wildman–Crippen MR) is 75.0 cm³/mol. The summed E-state index contributed by atoms with van der Waals surface area (Å²) in [6.07, 6.45) is 2.13. The first-order valence-electron chi connectivity index (χ1n) is 7.09. The van der Waals surface area contributed by atoms with Crippen LogP contribution in [0, 0.1) is 6.92 Å². The average Bonchev–Trinajstić information content (AvgIpc) is 2.82. The molecule has 1 atom stereocenters. The van der Waals surface area contributed by atoms with Gasteiger partial charge in [-0.25, -0.2) is 4.79 Å². The number of aryl methyl sites for hydroxylation is 1. The zero-order valence-corrected chi connectivity index (χ0v) is 11.4. The van der Waals surface area contributed by atoms with E-state index in [1.54, 1.807) is 0 Å². The summed E-state index contributed by atoms with van der Waals surface area (Å²) in [7, 11) is 0. The van der Waals surface area contributed by atoms with Crippen LogP contribution in [-0.4, -0.2) is 36.6 Å². The topological polar surface area (TPSA) is 44.4 Å². The molecule has 0 aromatic heterocycles. The highest BCUT2D eigenvalue weighted by molar-refractivity contribution is 5.77. The Morgan fingerprint density at radius 2 is 1.95 bits per heavy atom. The lowest BCUT2D eigenvalue weighted by atomic mass is 10.0. The van der Waals surface area contributed by atoms with Gasteiger partial charge >= 0.3 is 6.03 Å². The third-order valence-electron chi connectivity index (χ3n) is 4.25. The quantitative estimate of drug-likeness (QED) is 0.851. The number of piperidine rings is 1. The van der Waals surface area contributed by atoms with Crippen molar-refractivity contribution in [3.05, 3.63) is 35.4 Å². The van der Waals surface area contributed by atoms with Crippen molar-refractivity contribution in [2.24, 2.45) is 0 Å². The summed E-state index contributed by atoms with van der Waals surface area (Å²) < 4.78 is 0. The van der Waals surface area contributed by atoms with Crippen LogP contribution in [0.1, 0.15) is 30.0 Å². The number of hydrogen-bond acceptors (Lipinski definition) is 2. The van der Waals surface area contributed by atoms with Crippen molar-refractivity contribution < 1.29 is 4.79 Å². The Hall–Kier alpha value is -1.55. The smallest absolute Gasteiger partial charge is 0.318 e. The molecule has 2 heterocycles. The van der Waals surface area contributed by atoms with E-state index >= 15 is 0 Å². The van der Waals surface area contributed by atoms with Gasteiger partial charge in [0.25, 0.3) is 0 Å². The van der Waals surface area contributed by atoms with E-state index in [1.807, 2.05) is 17.0 Å². The maximum Gasteiger partial charge on any atom is 0.318 e. The Bertz CT molecular complexity index is 468. The van der Waals surface area contributed by atoms with Crippen LogP contribution in [0.25, 0.3) is 0 Å². The Kier molecular flexibility index (Phi) is 3.42. The molecule has 0 spiro atoms. The maximum absolute atomic E-state index is 12.2. The normalized spacial score (nSPS) is 24.6. The van der Waals surface area contributed by atoms with Gasteiger partial charge in [-0.2, -0.15) is 0 Å². The summed E-state index contributed by atoms with van der Waals surface area (Å²) in [5.74, 6) is 0. The van der Waals surface area contributed by atoms with Gasteiger partial charge < -0.3 is 15.5 Å². The summed E-state index contributed by atoms with van der Waals surface area (Å²) in [6.45, 7) is 4.94. The number of carbonyl (C=O) groups excluding carboxylic acids is 1. The number of rotatable bonds is 2. The van der Waals surface area contributed by atoms with E-state index in [1.165, 1.54) is 11.1 Å². The van der Waals surface area contributed by atoms with Gasteiger partial charge in [-0.3, -0.25) is 0 Å². The minimum atomic E-state index is 0.0974. The molecule has 0 aliphatic carbocycles. The first-order valence-corrected chi connectivity index (χ1v) is 7.09. The molecular weight excluding hydrogens is 238 g/mol. The van der Waals surface area contributed by atoms with Crippen LogP contribution in [0.3, 0.4) is 0 Å². The number of benzene rings is 1. The molecule has 0 saturated carbocycles. The largest absolute Gasteiger partial charge is 0.329 e. The van der Waals surface area contributed by atoms with Crippen LogP contribution >= 0.6 is 0 Å². The Balaban J connectivity index is 1.74. The van der Waals surface area contributed by atoms with E-state index in [2.05, 4.69) is 29.7 Å². The summed E-state index contributed by atoms with van der Waals surface area (Å²) in [6, 6.07) is 8.95. The fourth-order valence-electron chi connectivity index (χ4n) is 3.14. The standard InChI is InChI=1S/C15H21N3O/c1-11-4-2-3-5-13(11)14-10-18(15(19)17-14)12-6-8-16-9-7-12/h2-5,12,14,16H,6-10H2,1H3,(H,17,19). The van der Waals surface area contributed by atoms with E-state index < -0.39 is 0 Å². The van der Waals surface area contributed by atoms with Crippen LogP contribution in [-0.2, 0) is 0 Å². The second-order valence-corrected chi connectivity index (χ2v) is 5.49. The highest BCUT2D eigenvalue weighted by Gasteiger charge is 2.35. The van der Waals surface area contributed by atoms with Crippen LogP contribution in [0.2, 0.25) is 0 Å². The van der Waals surface area contributed by atoms with Gasteiger partial charge in [-0.1, -0.05) is 24.3 Å². The molecular formula is C15H21N3O. The SMILES string of the molecule is Cc1ccccc1C1CN(C2CCNCC2)C(=O)N1. The van der Waals surface area contributed by atoms with Crippen LogP contribution in [0.4, 0.5) is 4.79 Å². The second-order valence-electron chi connectivity index (χ2n) is 5.49. The van der Waals surface area contributed by atoms with Crippen molar-refractivity contribution >= 4 is 6.03 Å². The minimum absolute atomic E-state index is 0.0974. The Morgan fingerprint density at radius 1 is 1.21 bits per heavy atom. The van der Waals surface area contributed by atoms with Gasteiger partial charge in [0.15, 0.2) is 0 Å². The van der Waals surface area contributed by atoms with Crippen molar-refractivity contribution in [3.8, 4) is 0 Å². The van der Waals surface area contributed by atoms with Crippen LogP contribution in [0.15, 0.2) is 24.3 Å². The highest BCUT2D eigenvalue weighted by Crippen LogP contribution is 2.26. The van der Waals surface area contributed by atoms with Crippen LogP contribution in [0.5, 0.6) is 0 Å². The fraction of sp³-hybridized carbons (Fsp3) is 0.533. The van der Waals surface area contributed by atoms with Crippen LogP contribution < -0.4 is 10.6 Å². The zero-order valence-electron chi connectivity index (χ0n) is 11.4. The Labute approximate surface area is 114 Å². The summed E-state index contributed by atoms with van der Waals surface area (Å²) in [4.78, 5) is 14.2. The number of nitrogens with one attached hydrogen (secondary N) is 2. The summed E-state index contributed by atoms with van der Waals surface area (Å²) in [5.41, 5.74) is 2.49. The molecule has 4 nitrogen and oxygen atoms in total. The van der Waals surface area contributed by atoms with Gasteiger partial charge in [0.2, 0.25) is 0 Å². The molecule has 2 aliphatic heterocycles. The molecule has 2 N–H and O–H groups in total. The molecule has 19 heavy (non-hydrogen) atoms. The van der Waals surface area contributed by atoms with Crippen molar-refractivity contribution in [1.82, 2.24) is 15.5 Å². The van der Waals surface area contributed by atoms with Gasteiger partial charge in [0.05, 0.1) is 6.04 Å². The molecule has 2 saturated heterocycles. The lowest BCUT2D eigenvalue weighted by Gasteiger charge is -2.30. The van der Waals surface area contributed by atoms with Crippen molar-refractivity contribution in [2.75, 3.05) is 19.6 Å². The van der Waals surface area contributed by atoms with Crippen molar-refractivity contribution in [2.45, 2.75) is 31.8 Å². The number of nitrogens with zero attached hydrogens (tertiary/aromatic N) is 1. The average molecular weight is 259 g/mol. The van der Waals surface area contributed by atoms with Gasteiger partial charge in [-0.15, -0.1) is 0 Å². The fourth-order valence-corrected chi connectivity index (χ4v) is 3.14. The highest BCUT2D eigenvalue weighted by atomic mass is 16.2. The first-order chi connectivity index (χ1) is 9.25. The molecule has 0 radical (unpaired) electrons. The molecule has 1 aromatic carbocycles. The number of urea groups is 1. The lowest BCUT2D eigenvalue weighted by Crippen LogP contribution is -2.44. The van der Waals surface area contributed by atoms with E-state index in [0.29, 0.717) is 6.04 Å². The van der Waals surface area contributed by atoms with E-state index in [9.17, 15) is 4.79 Å². The molecule has 1 unspecified atom stereocenters. The Morgan fingerprint density at radius 3 is 2.68 bits per heavy atom. The number of hydrogen-bond donors (Lipinski definition) is 2. The van der Waals surface area contributed by atoms with Gasteiger partial charge in [0, 0.05) is 12.6 Å². The molecule has 4 heteroatoms. The monoisotopic (exact) mass is 259 g/mol. The second kappa shape index (κ2) is 5.21. The number of carbonyl (C=O) groups is 1. The molecule has 3 rings (SSSR count). The van der Waals surface area contributed by atoms with E-state index in [4.69, 9.17) is 0 Å². The molecule has 0 bridgehead atoms. The van der Waals surface area contributed by atoms with E-state index in [0.717, 1.165) is 32.5 Å². The number of amides is 2. The molecule has 1 aromatic rings. The van der Waals surface area contributed by atoms with Gasteiger partial charge in [0.1, 0.15) is 0 Å². The molecule has 2 fully saturated rings. The van der Waals surface area contributed by atoms with Gasteiger partial charge in [-0.05, 0) is 44.0 Å². The minimum Gasteiger partial charge on any atom is -0.329 e. The third-order valence-corrected chi connectivity index (χ3v) is 4.25. The first kappa shape index (κ1) is 12.5. The lowest BCUT2D eigenvalue weighted by molar-refractivity contribution is 0.182. The third kappa shape index (κ3) is 2.45. The van der Waals surface area contributed by atoms with Crippen molar-refractivity contribution in [1.29, 1.82) is 0 Å². The van der Waals surface area contributed by atoms with Crippen molar-refractivity contribution in [3.63, 3.8) is 0 Å². The predicted octanol–water partition coefficient (Wildman–Crippen LogP) is 1.81. The summed E-state index contributed by atoms with van der Waals surface area (Å²) >= 11 is 0. The summed E-state index contributed by atoms with van der Waals surface area (Å²) in [5, 5.41) is 6.47. The zero-order chi connectivity index (χ0) is 13.2. The molecule has 2 aliphatic rings. The molecule has 102 valence electrons.